The van der Waals surface area contributed by atoms with Crippen LogP contribution in [0.4, 0.5) is 0 Å². The largest absolute Gasteiger partial charge is 0.333 e. The van der Waals surface area contributed by atoms with E-state index in [4.69, 9.17) is 9.97 Å². The van der Waals surface area contributed by atoms with Crippen molar-refractivity contribution in [1.82, 2.24) is 14.5 Å². The molecule has 9 rings (SSSR count). The maximum absolute atomic E-state index is 5.27. The minimum Gasteiger partial charge on any atom is -0.333 e. The van der Waals surface area contributed by atoms with E-state index in [0.717, 1.165) is 39.6 Å². The van der Waals surface area contributed by atoms with Crippen molar-refractivity contribution in [1.29, 1.82) is 0 Å². The van der Waals surface area contributed by atoms with E-state index in [1.807, 2.05) is 12.1 Å². The van der Waals surface area contributed by atoms with Gasteiger partial charge in [0, 0.05) is 32.0 Å². The predicted molar refractivity (Wildman–Crippen MR) is 271 cm³/mol. The first-order valence-electron chi connectivity index (χ1n) is 23.2. The summed E-state index contributed by atoms with van der Waals surface area (Å²) in [5.74, 6) is 2.62. The quantitative estimate of drug-likeness (QED) is 0.107. The molecular weight excluding hydrogens is 975 g/mol. The van der Waals surface area contributed by atoms with Crippen molar-refractivity contribution in [3.63, 3.8) is 0 Å². The molecule has 0 spiro atoms. The molecule has 6 heteroatoms. The van der Waals surface area contributed by atoms with Gasteiger partial charge in [0.2, 0.25) is 0 Å². The topological polar surface area (TPSA) is 30.7 Å². The molecule has 0 saturated heterocycles. The molecule has 0 unspecified atom stereocenters. The first kappa shape index (κ1) is 46.8. The van der Waals surface area contributed by atoms with Gasteiger partial charge >= 0.3 is 0 Å². The average molecular weight is 1040 g/mol. The number of aromatic nitrogens is 3. The Labute approximate surface area is 394 Å². The molecule has 1 radical (unpaired) electrons. The second-order valence-corrected chi connectivity index (χ2v) is 31.4. The summed E-state index contributed by atoms with van der Waals surface area (Å²) in [6.07, 6.45) is 9.03. The maximum atomic E-state index is 5.27. The first-order chi connectivity index (χ1) is 29.4. The van der Waals surface area contributed by atoms with Crippen molar-refractivity contribution in [2.24, 2.45) is 5.92 Å². The zero-order chi connectivity index (χ0) is 44.1. The van der Waals surface area contributed by atoms with E-state index < -0.39 is 16.1 Å². The number of hydrogen-bond donors (Lipinski definition) is 0. The van der Waals surface area contributed by atoms with Crippen LogP contribution in [0.1, 0.15) is 107 Å². The average Bonchev–Trinajstić information content (AvgIpc) is 3.95. The van der Waals surface area contributed by atoms with Gasteiger partial charge in [0.15, 0.2) is 0 Å². The summed E-state index contributed by atoms with van der Waals surface area (Å²) in [6.45, 7) is 28.4. The molecule has 0 bridgehead atoms. The molecule has 2 aliphatic carbocycles. The van der Waals surface area contributed by atoms with E-state index in [1.54, 1.807) is 10.8 Å². The maximum Gasteiger partial charge on any atom is 0.0798 e. The Morgan fingerprint density at radius 2 is 1.38 bits per heavy atom. The standard InChI is InChI=1S/C37H41N2Si.C20H26NSi.Ir/c1-23(2)27-13-12-14-28(24(3)4)35(27)39-34-16-11-10-15-33(34)38-36(39)25-17-19-31-29(21-25)30-22-26(40(7,8)9)18-20-32(30)37(31,5)6;1-22(2,3)20-15-21-19(17-11-5-4-6-12-17)14-18(20)13-16-9-7-8-10-16;/h10-16,18-24H,1-9H3;4-6,11,14-16H,7-10,13H2,1-3H3;/q2*-1;. The van der Waals surface area contributed by atoms with Crippen molar-refractivity contribution in [2.45, 2.75) is 130 Å². The van der Waals surface area contributed by atoms with E-state index in [9.17, 15) is 0 Å². The number of hydrogen-bond acceptors (Lipinski definition) is 2. The number of rotatable bonds is 9. The summed E-state index contributed by atoms with van der Waals surface area (Å²) in [5.41, 5.74) is 16.3. The van der Waals surface area contributed by atoms with Crippen molar-refractivity contribution in [3.8, 4) is 39.5 Å². The molecule has 0 N–H and O–H groups in total. The van der Waals surface area contributed by atoms with Gasteiger partial charge in [0.25, 0.3) is 0 Å². The van der Waals surface area contributed by atoms with Crippen LogP contribution in [0, 0.1) is 18.1 Å². The molecule has 1 saturated carbocycles. The van der Waals surface area contributed by atoms with Crippen LogP contribution < -0.4 is 10.4 Å². The third-order valence-corrected chi connectivity index (χ3v) is 17.7. The Morgan fingerprint density at radius 1 is 0.714 bits per heavy atom. The Balaban J connectivity index is 0.000000219. The number of benzene rings is 5. The Hall–Kier alpha value is -4.20. The molecule has 2 heterocycles. The van der Waals surface area contributed by atoms with Crippen molar-refractivity contribution in [3.05, 3.63) is 149 Å². The van der Waals surface area contributed by atoms with E-state index in [-0.39, 0.29) is 25.5 Å². The van der Waals surface area contributed by atoms with Crippen LogP contribution in [0.15, 0.2) is 109 Å². The molecule has 0 amide bonds. The minimum atomic E-state index is -1.46. The summed E-state index contributed by atoms with van der Waals surface area (Å²) in [5, 5.41) is 3.04. The van der Waals surface area contributed by atoms with Crippen molar-refractivity contribution < 1.29 is 20.1 Å². The zero-order valence-electron chi connectivity index (χ0n) is 39.8. The Bertz CT molecular complexity index is 2700. The van der Waals surface area contributed by atoms with Gasteiger partial charge in [-0.25, -0.2) is 0 Å². The van der Waals surface area contributed by atoms with Crippen molar-refractivity contribution in [2.75, 3.05) is 0 Å². The van der Waals surface area contributed by atoms with Crippen LogP contribution in [0.25, 0.3) is 50.5 Å². The summed E-state index contributed by atoms with van der Waals surface area (Å²) < 4.78 is 2.41. The molecular formula is C57H67IrN3Si2-2. The second kappa shape index (κ2) is 18.4. The van der Waals surface area contributed by atoms with E-state index in [1.165, 1.54) is 76.4 Å². The van der Waals surface area contributed by atoms with Gasteiger partial charge in [-0.2, -0.15) is 0 Å². The van der Waals surface area contributed by atoms with Gasteiger partial charge in [-0.1, -0.05) is 177 Å². The van der Waals surface area contributed by atoms with Gasteiger partial charge in [-0.15, -0.1) is 65.2 Å². The van der Waals surface area contributed by atoms with Gasteiger partial charge in [0.05, 0.1) is 33.0 Å². The molecule has 0 atom stereocenters. The SMILES string of the molecule is CC(C)c1cccc(C(C)C)c1-n1c(-c2[c-]cc3c(c2)-c2cc([Si](C)(C)C)ccc2C3(C)C)nc2ccccc21.C[Si](C)(C)c1cnc(-c2[c-]cccc2)cc1CC1CCCC1.[Ir]. The summed E-state index contributed by atoms with van der Waals surface area (Å²) in [6, 6.07) is 44.7. The monoisotopic (exact) mass is 1040 g/mol. The van der Waals surface area contributed by atoms with Crippen LogP contribution in [-0.4, -0.2) is 30.7 Å². The zero-order valence-corrected chi connectivity index (χ0v) is 44.2. The van der Waals surface area contributed by atoms with Gasteiger partial charge < -0.3 is 9.55 Å². The van der Waals surface area contributed by atoms with Crippen LogP contribution in [-0.2, 0) is 31.9 Å². The third-order valence-electron chi connectivity index (χ3n) is 13.6. The number of para-hydroxylation sites is 3. The summed E-state index contributed by atoms with van der Waals surface area (Å²) >= 11 is 0. The van der Waals surface area contributed by atoms with E-state index >= 15 is 0 Å². The van der Waals surface area contributed by atoms with E-state index in [2.05, 4.69) is 195 Å². The number of nitrogens with zero attached hydrogens (tertiary/aromatic N) is 3. The first-order valence-corrected chi connectivity index (χ1v) is 30.2. The minimum absolute atomic E-state index is 0. The van der Waals surface area contributed by atoms with Gasteiger partial charge in [-0.3, -0.25) is 4.98 Å². The molecule has 2 aliphatic rings. The molecule has 7 aromatic rings. The molecule has 0 aliphatic heterocycles. The number of pyridine rings is 1. The van der Waals surface area contributed by atoms with Gasteiger partial charge in [-0.05, 0) is 74.9 Å². The normalized spacial score (nSPS) is 14.7. The molecule has 1 fully saturated rings. The third kappa shape index (κ3) is 9.34. The summed E-state index contributed by atoms with van der Waals surface area (Å²) in [4.78, 5) is 10.0. The smallest absolute Gasteiger partial charge is 0.0798 e. The summed E-state index contributed by atoms with van der Waals surface area (Å²) in [7, 11) is -2.80. The van der Waals surface area contributed by atoms with Crippen LogP contribution in [0.3, 0.4) is 0 Å². The predicted octanol–water partition coefficient (Wildman–Crippen LogP) is 14.4. The molecule has 329 valence electrons. The second-order valence-electron chi connectivity index (χ2n) is 21.3. The van der Waals surface area contributed by atoms with Gasteiger partial charge in [0.1, 0.15) is 0 Å². The molecule has 5 aromatic carbocycles. The Morgan fingerprint density at radius 3 is 2.02 bits per heavy atom. The van der Waals surface area contributed by atoms with Crippen LogP contribution in [0.2, 0.25) is 39.3 Å². The molecule has 2 aromatic heterocycles. The number of imidazole rings is 1. The van der Waals surface area contributed by atoms with Crippen LogP contribution in [0.5, 0.6) is 0 Å². The fourth-order valence-electron chi connectivity index (χ4n) is 10.1. The van der Waals surface area contributed by atoms with Crippen molar-refractivity contribution >= 4 is 37.6 Å². The Kier molecular flexibility index (Phi) is 13.6. The fraction of sp³-hybridized carbons (Fsp3) is 0.368. The number of fused-ring (bicyclic) bond motifs is 4. The van der Waals surface area contributed by atoms with Crippen LogP contribution >= 0.6 is 0 Å². The molecule has 3 nitrogen and oxygen atoms in total. The van der Waals surface area contributed by atoms with E-state index in [0.29, 0.717) is 11.8 Å². The molecule has 63 heavy (non-hydrogen) atoms. The fourth-order valence-corrected chi connectivity index (χ4v) is 12.8.